The van der Waals surface area contributed by atoms with Gasteiger partial charge in [-0.05, 0) is 34.1 Å². The van der Waals surface area contributed by atoms with Crippen LogP contribution < -0.4 is 15.8 Å². The quantitative estimate of drug-likeness (QED) is 0.826. The Labute approximate surface area is 128 Å². The Morgan fingerprint density at radius 3 is 2.62 bits per heavy atom. The average Bonchev–Trinajstić information content (AvgIpc) is 2.45. The molecule has 2 aromatic carbocycles. The Bertz CT molecular complexity index is 708. The molecule has 0 atom stereocenters. The number of nitrogen functional groups attached to an aromatic ring is 1. The van der Waals surface area contributed by atoms with Gasteiger partial charge in [0.05, 0.1) is 24.0 Å². The number of hydrogen-bond acceptors (Lipinski definition) is 3. The standard InChI is InChI=1S/C14H11BrF2N2O2/c1-21-7-2-3-9(15)13(4-7)19-14(20)8-5-12(18)11(17)6-10(8)16/h2-6H,18H2,1H3,(H,19,20). The Kier molecular flexibility index (Phi) is 4.42. The predicted molar refractivity (Wildman–Crippen MR) is 79.4 cm³/mol. The zero-order valence-corrected chi connectivity index (χ0v) is 12.5. The van der Waals surface area contributed by atoms with Gasteiger partial charge >= 0.3 is 0 Å². The van der Waals surface area contributed by atoms with Crippen LogP contribution in [0.15, 0.2) is 34.8 Å². The topological polar surface area (TPSA) is 64.3 Å². The molecule has 0 aliphatic carbocycles. The molecule has 0 fully saturated rings. The number of carbonyl (C=O) groups excluding carboxylic acids is 1. The number of methoxy groups -OCH3 is 1. The van der Waals surface area contributed by atoms with Gasteiger partial charge in [-0.25, -0.2) is 8.78 Å². The second kappa shape index (κ2) is 6.09. The van der Waals surface area contributed by atoms with Crippen LogP contribution in [0.5, 0.6) is 5.75 Å². The molecule has 0 saturated carbocycles. The molecule has 0 heterocycles. The lowest BCUT2D eigenvalue weighted by atomic mass is 10.1. The molecule has 3 N–H and O–H groups in total. The van der Waals surface area contributed by atoms with E-state index in [0.717, 1.165) is 6.07 Å². The predicted octanol–water partition coefficient (Wildman–Crippen LogP) is 3.57. The van der Waals surface area contributed by atoms with Gasteiger partial charge in [0.25, 0.3) is 5.91 Å². The van der Waals surface area contributed by atoms with Gasteiger partial charge in [0, 0.05) is 16.6 Å². The summed E-state index contributed by atoms with van der Waals surface area (Å²) in [5.41, 5.74) is 5.09. The molecular formula is C14H11BrF2N2O2. The van der Waals surface area contributed by atoms with Gasteiger partial charge in [0.1, 0.15) is 17.4 Å². The highest BCUT2D eigenvalue weighted by Crippen LogP contribution is 2.28. The molecule has 0 aromatic heterocycles. The van der Waals surface area contributed by atoms with Crippen molar-refractivity contribution >= 4 is 33.2 Å². The molecular weight excluding hydrogens is 346 g/mol. The van der Waals surface area contributed by atoms with Crippen LogP contribution in [0.4, 0.5) is 20.2 Å². The lowest BCUT2D eigenvalue weighted by molar-refractivity contribution is 0.102. The van der Waals surface area contributed by atoms with Crippen molar-refractivity contribution in [1.82, 2.24) is 0 Å². The zero-order valence-electron chi connectivity index (χ0n) is 10.9. The molecule has 0 bridgehead atoms. The fourth-order valence-corrected chi connectivity index (χ4v) is 2.00. The summed E-state index contributed by atoms with van der Waals surface area (Å²) in [6.07, 6.45) is 0. The number of anilines is 2. The average molecular weight is 357 g/mol. The highest BCUT2D eigenvalue weighted by Gasteiger charge is 2.16. The number of nitrogens with one attached hydrogen (secondary N) is 1. The summed E-state index contributed by atoms with van der Waals surface area (Å²) in [4.78, 5) is 12.1. The normalized spacial score (nSPS) is 10.3. The van der Waals surface area contributed by atoms with E-state index in [1.54, 1.807) is 18.2 Å². The lowest BCUT2D eigenvalue weighted by Gasteiger charge is -2.10. The van der Waals surface area contributed by atoms with E-state index in [4.69, 9.17) is 10.5 Å². The van der Waals surface area contributed by atoms with Gasteiger partial charge in [-0.3, -0.25) is 4.79 Å². The fraction of sp³-hybridized carbons (Fsp3) is 0.0714. The summed E-state index contributed by atoms with van der Waals surface area (Å²) in [5.74, 6) is -2.12. The van der Waals surface area contributed by atoms with Crippen LogP contribution in [-0.2, 0) is 0 Å². The summed E-state index contributed by atoms with van der Waals surface area (Å²) in [6, 6.07) is 6.45. The third-order valence-corrected chi connectivity index (χ3v) is 3.44. The number of carbonyl (C=O) groups is 1. The van der Waals surface area contributed by atoms with Crippen molar-refractivity contribution in [2.24, 2.45) is 0 Å². The lowest BCUT2D eigenvalue weighted by Crippen LogP contribution is -2.15. The van der Waals surface area contributed by atoms with E-state index < -0.39 is 17.5 Å². The summed E-state index contributed by atoms with van der Waals surface area (Å²) >= 11 is 3.26. The Balaban J connectivity index is 2.32. The van der Waals surface area contributed by atoms with Crippen LogP contribution in [0.1, 0.15) is 10.4 Å². The van der Waals surface area contributed by atoms with Gasteiger partial charge in [0.2, 0.25) is 0 Å². The van der Waals surface area contributed by atoms with Gasteiger partial charge in [0.15, 0.2) is 0 Å². The highest BCUT2D eigenvalue weighted by atomic mass is 79.9. The third-order valence-electron chi connectivity index (χ3n) is 2.75. The number of nitrogens with two attached hydrogens (primary N) is 1. The molecule has 7 heteroatoms. The summed E-state index contributed by atoms with van der Waals surface area (Å²) in [7, 11) is 1.48. The molecule has 0 radical (unpaired) electrons. The second-order valence-corrected chi connectivity index (χ2v) is 5.01. The number of amides is 1. The SMILES string of the molecule is COc1ccc(Br)c(NC(=O)c2cc(N)c(F)cc2F)c1. The van der Waals surface area contributed by atoms with Crippen LogP contribution in [0, 0.1) is 11.6 Å². The maximum Gasteiger partial charge on any atom is 0.258 e. The molecule has 1 amide bonds. The number of ether oxygens (including phenoxy) is 1. The minimum atomic E-state index is -0.988. The molecule has 0 spiro atoms. The zero-order chi connectivity index (χ0) is 15.6. The van der Waals surface area contributed by atoms with Crippen molar-refractivity contribution in [3.63, 3.8) is 0 Å². The molecule has 0 aliphatic rings. The summed E-state index contributed by atoms with van der Waals surface area (Å²) < 4.78 is 32.4. The van der Waals surface area contributed by atoms with Crippen molar-refractivity contribution < 1.29 is 18.3 Å². The first-order valence-electron chi connectivity index (χ1n) is 5.81. The summed E-state index contributed by atoms with van der Waals surface area (Å²) in [6.45, 7) is 0. The number of benzene rings is 2. The van der Waals surface area contributed by atoms with Crippen molar-refractivity contribution in [2.75, 3.05) is 18.2 Å². The van der Waals surface area contributed by atoms with Crippen LogP contribution >= 0.6 is 15.9 Å². The van der Waals surface area contributed by atoms with E-state index in [2.05, 4.69) is 21.2 Å². The highest BCUT2D eigenvalue weighted by molar-refractivity contribution is 9.10. The first kappa shape index (κ1) is 15.2. The van der Waals surface area contributed by atoms with E-state index in [9.17, 15) is 13.6 Å². The minimum absolute atomic E-state index is 0.300. The molecule has 0 unspecified atom stereocenters. The molecule has 0 saturated heterocycles. The van der Waals surface area contributed by atoms with Crippen molar-refractivity contribution in [2.45, 2.75) is 0 Å². The summed E-state index contributed by atoms with van der Waals surface area (Å²) in [5, 5.41) is 2.50. The van der Waals surface area contributed by atoms with Gasteiger partial charge in [-0.15, -0.1) is 0 Å². The molecule has 4 nitrogen and oxygen atoms in total. The van der Waals surface area contributed by atoms with Crippen LogP contribution in [-0.4, -0.2) is 13.0 Å². The van der Waals surface area contributed by atoms with Crippen molar-refractivity contribution in [1.29, 1.82) is 0 Å². The molecule has 2 aromatic rings. The van der Waals surface area contributed by atoms with E-state index in [-0.39, 0.29) is 11.3 Å². The van der Waals surface area contributed by atoms with Gasteiger partial charge < -0.3 is 15.8 Å². The first-order chi connectivity index (χ1) is 9.92. The van der Waals surface area contributed by atoms with Crippen molar-refractivity contribution in [3.8, 4) is 5.75 Å². The first-order valence-corrected chi connectivity index (χ1v) is 6.61. The van der Waals surface area contributed by atoms with Crippen LogP contribution in [0.3, 0.4) is 0 Å². The largest absolute Gasteiger partial charge is 0.497 e. The Morgan fingerprint density at radius 1 is 1.24 bits per heavy atom. The second-order valence-electron chi connectivity index (χ2n) is 4.15. The smallest absolute Gasteiger partial charge is 0.258 e. The third kappa shape index (κ3) is 3.30. The number of rotatable bonds is 3. The number of hydrogen-bond donors (Lipinski definition) is 2. The molecule has 110 valence electrons. The molecule has 21 heavy (non-hydrogen) atoms. The monoisotopic (exact) mass is 356 g/mol. The van der Waals surface area contributed by atoms with E-state index in [0.29, 0.717) is 22.0 Å². The Morgan fingerprint density at radius 2 is 1.95 bits per heavy atom. The van der Waals surface area contributed by atoms with Crippen LogP contribution in [0.2, 0.25) is 0 Å². The maximum absolute atomic E-state index is 13.6. The van der Waals surface area contributed by atoms with Crippen molar-refractivity contribution in [3.05, 3.63) is 52.0 Å². The molecule has 2 rings (SSSR count). The number of halogens is 3. The van der Waals surface area contributed by atoms with E-state index >= 15 is 0 Å². The van der Waals surface area contributed by atoms with E-state index in [1.165, 1.54) is 7.11 Å². The fourth-order valence-electron chi connectivity index (χ4n) is 1.66. The van der Waals surface area contributed by atoms with Gasteiger partial charge in [-0.1, -0.05) is 0 Å². The van der Waals surface area contributed by atoms with Gasteiger partial charge in [-0.2, -0.15) is 0 Å². The maximum atomic E-state index is 13.6. The van der Waals surface area contributed by atoms with Crippen LogP contribution in [0.25, 0.3) is 0 Å². The Hall–Kier alpha value is -2.15. The minimum Gasteiger partial charge on any atom is -0.497 e. The van der Waals surface area contributed by atoms with E-state index in [1.807, 2.05) is 0 Å². The molecule has 0 aliphatic heterocycles.